The first kappa shape index (κ1) is 15.0. The van der Waals surface area contributed by atoms with Gasteiger partial charge in [0.05, 0.1) is 6.04 Å². The van der Waals surface area contributed by atoms with Crippen LogP contribution in [-0.2, 0) is 4.79 Å². The predicted molar refractivity (Wildman–Crippen MR) is 82.5 cm³/mol. The van der Waals surface area contributed by atoms with Gasteiger partial charge in [0.1, 0.15) is 0 Å². The Kier molecular flexibility index (Phi) is 5.60. The Morgan fingerprint density at radius 3 is 2.60 bits per heavy atom. The van der Waals surface area contributed by atoms with Gasteiger partial charge in [-0.25, -0.2) is 0 Å². The Hall–Kier alpha value is -1.35. The lowest BCUT2D eigenvalue weighted by Gasteiger charge is -2.23. The molecule has 1 fully saturated rings. The smallest absolute Gasteiger partial charge is 0.237 e. The summed E-state index contributed by atoms with van der Waals surface area (Å²) in [6.07, 6.45) is 5.69. The summed E-state index contributed by atoms with van der Waals surface area (Å²) in [6.45, 7) is 4.16. The largest absolute Gasteiger partial charge is 0.352 e. The minimum absolute atomic E-state index is 0.130. The van der Waals surface area contributed by atoms with E-state index in [0.717, 1.165) is 19.3 Å². The number of carbonyl (C=O) groups is 1. The highest BCUT2D eigenvalue weighted by molar-refractivity contribution is 5.81. The fourth-order valence-corrected chi connectivity index (χ4v) is 2.37. The van der Waals surface area contributed by atoms with Crippen molar-refractivity contribution in [2.24, 2.45) is 0 Å². The van der Waals surface area contributed by atoms with Gasteiger partial charge in [-0.05, 0) is 31.7 Å². The average Bonchev–Trinajstić information content (AvgIpc) is 3.28. The van der Waals surface area contributed by atoms with Gasteiger partial charge < -0.3 is 5.32 Å². The molecule has 3 nitrogen and oxygen atoms in total. The van der Waals surface area contributed by atoms with Crippen LogP contribution in [0.5, 0.6) is 0 Å². The van der Waals surface area contributed by atoms with Crippen LogP contribution in [0.3, 0.4) is 0 Å². The SMILES string of the molecule is CCCCC(NC(C)C(=O)NC1CC1)c1ccccc1. The summed E-state index contributed by atoms with van der Waals surface area (Å²) >= 11 is 0. The second-order valence-electron chi connectivity index (χ2n) is 5.78. The highest BCUT2D eigenvalue weighted by Crippen LogP contribution is 2.21. The molecule has 0 aliphatic heterocycles. The summed E-state index contributed by atoms with van der Waals surface area (Å²) in [5, 5.41) is 6.55. The number of hydrogen-bond acceptors (Lipinski definition) is 2. The quantitative estimate of drug-likeness (QED) is 0.764. The van der Waals surface area contributed by atoms with Crippen molar-refractivity contribution in [3.63, 3.8) is 0 Å². The lowest BCUT2D eigenvalue weighted by Crippen LogP contribution is -2.44. The molecular weight excluding hydrogens is 248 g/mol. The van der Waals surface area contributed by atoms with Gasteiger partial charge >= 0.3 is 0 Å². The van der Waals surface area contributed by atoms with Gasteiger partial charge in [0.15, 0.2) is 0 Å². The molecule has 0 spiro atoms. The molecule has 20 heavy (non-hydrogen) atoms. The predicted octanol–water partition coefficient (Wildman–Crippen LogP) is 3.17. The van der Waals surface area contributed by atoms with Crippen LogP contribution in [0.4, 0.5) is 0 Å². The molecule has 1 aromatic carbocycles. The molecular formula is C17H26N2O. The van der Waals surface area contributed by atoms with E-state index < -0.39 is 0 Å². The normalized spacial score (nSPS) is 17.5. The fraction of sp³-hybridized carbons (Fsp3) is 0.588. The summed E-state index contributed by atoms with van der Waals surface area (Å²) in [7, 11) is 0. The molecule has 1 saturated carbocycles. The fourth-order valence-electron chi connectivity index (χ4n) is 2.37. The molecule has 0 heterocycles. The Labute approximate surface area is 122 Å². The molecule has 2 N–H and O–H groups in total. The Morgan fingerprint density at radius 1 is 1.30 bits per heavy atom. The van der Waals surface area contributed by atoms with Crippen LogP contribution in [0.15, 0.2) is 30.3 Å². The topological polar surface area (TPSA) is 41.1 Å². The summed E-state index contributed by atoms with van der Waals surface area (Å²) in [5.74, 6) is 0.130. The van der Waals surface area contributed by atoms with Crippen LogP contribution in [-0.4, -0.2) is 18.0 Å². The highest BCUT2D eigenvalue weighted by atomic mass is 16.2. The van der Waals surface area contributed by atoms with E-state index in [9.17, 15) is 4.79 Å². The molecule has 2 unspecified atom stereocenters. The van der Waals surface area contributed by atoms with Gasteiger partial charge in [-0.2, -0.15) is 0 Å². The van der Waals surface area contributed by atoms with Crippen LogP contribution in [0, 0.1) is 0 Å². The standard InChI is InChI=1S/C17H26N2O/c1-3-4-10-16(14-8-6-5-7-9-14)18-13(2)17(20)19-15-11-12-15/h5-9,13,15-16,18H,3-4,10-12H2,1-2H3,(H,19,20). The maximum atomic E-state index is 12.1. The van der Waals surface area contributed by atoms with Gasteiger partial charge in [0.25, 0.3) is 0 Å². The molecule has 2 atom stereocenters. The first-order valence-electron chi connectivity index (χ1n) is 7.82. The zero-order valence-corrected chi connectivity index (χ0v) is 12.6. The third-order valence-corrected chi connectivity index (χ3v) is 3.82. The maximum absolute atomic E-state index is 12.1. The van der Waals surface area contributed by atoms with Crippen molar-refractivity contribution >= 4 is 5.91 Å². The van der Waals surface area contributed by atoms with E-state index in [-0.39, 0.29) is 18.0 Å². The van der Waals surface area contributed by atoms with E-state index in [1.54, 1.807) is 0 Å². The van der Waals surface area contributed by atoms with Crippen LogP contribution in [0.2, 0.25) is 0 Å². The van der Waals surface area contributed by atoms with Gasteiger partial charge in [-0.15, -0.1) is 0 Å². The van der Waals surface area contributed by atoms with E-state index in [0.29, 0.717) is 6.04 Å². The molecule has 0 bridgehead atoms. The first-order chi connectivity index (χ1) is 9.70. The first-order valence-corrected chi connectivity index (χ1v) is 7.82. The number of unbranched alkanes of at least 4 members (excludes halogenated alkanes) is 1. The van der Waals surface area contributed by atoms with Crippen molar-refractivity contribution in [1.29, 1.82) is 0 Å². The summed E-state index contributed by atoms with van der Waals surface area (Å²) < 4.78 is 0. The molecule has 2 rings (SSSR count). The molecule has 1 aliphatic rings. The van der Waals surface area contributed by atoms with Crippen molar-refractivity contribution in [3.05, 3.63) is 35.9 Å². The van der Waals surface area contributed by atoms with Gasteiger partial charge in [0.2, 0.25) is 5.91 Å². The highest BCUT2D eigenvalue weighted by Gasteiger charge is 2.26. The molecule has 1 aliphatic carbocycles. The number of carbonyl (C=O) groups excluding carboxylic acids is 1. The summed E-state index contributed by atoms with van der Waals surface area (Å²) in [5.41, 5.74) is 1.27. The van der Waals surface area contributed by atoms with Crippen molar-refractivity contribution in [3.8, 4) is 0 Å². The minimum Gasteiger partial charge on any atom is -0.352 e. The molecule has 1 amide bonds. The molecule has 0 radical (unpaired) electrons. The molecule has 0 saturated heterocycles. The van der Waals surface area contributed by atoms with Crippen LogP contribution < -0.4 is 10.6 Å². The van der Waals surface area contributed by atoms with Crippen molar-refractivity contribution in [2.45, 2.75) is 64.1 Å². The molecule has 1 aromatic rings. The minimum atomic E-state index is -0.141. The van der Waals surface area contributed by atoms with Crippen LogP contribution in [0.25, 0.3) is 0 Å². The third-order valence-electron chi connectivity index (χ3n) is 3.82. The number of hydrogen-bond donors (Lipinski definition) is 2. The maximum Gasteiger partial charge on any atom is 0.237 e. The number of nitrogens with one attached hydrogen (secondary N) is 2. The zero-order chi connectivity index (χ0) is 14.4. The van der Waals surface area contributed by atoms with Crippen molar-refractivity contribution < 1.29 is 4.79 Å². The van der Waals surface area contributed by atoms with Gasteiger partial charge in [-0.3, -0.25) is 10.1 Å². The lowest BCUT2D eigenvalue weighted by molar-refractivity contribution is -0.123. The number of benzene rings is 1. The van der Waals surface area contributed by atoms with Crippen molar-refractivity contribution in [2.75, 3.05) is 0 Å². The van der Waals surface area contributed by atoms with Crippen LogP contribution >= 0.6 is 0 Å². The monoisotopic (exact) mass is 274 g/mol. The zero-order valence-electron chi connectivity index (χ0n) is 12.6. The van der Waals surface area contributed by atoms with E-state index in [4.69, 9.17) is 0 Å². The second kappa shape index (κ2) is 7.44. The average molecular weight is 274 g/mol. The summed E-state index contributed by atoms with van der Waals surface area (Å²) in [6, 6.07) is 11.0. The number of rotatable bonds is 8. The van der Waals surface area contributed by atoms with Gasteiger partial charge in [0, 0.05) is 12.1 Å². The molecule has 0 aromatic heterocycles. The van der Waals surface area contributed by atoms with E-state index in [1.807, 2.05) is 13.0 Å². The molecule has 110 valence electrons. The Bertz CT molecular complexity index is 414. The van der Waals surface area contributed by atoms with E-state index in [2.05, 4.69) is 41.8 Å². The van der Waals surface area contributed by atoms with E-state index in [1.165, 1.54) is 18.4 Å². The summed E-state index contributed by atoms with van der Waals surface area (Å²) in [4.78, 5) is 12.1. The Balaban J connectivity index is 1.93. The van der Waals surface area contributed by atoms with Crippen LogP contribution in [0.1, 0.15) is 57.6 Å². The van der Waals surface area contributed by atoms with E-state index >= 15 is 0 Å². The third kappa shape index (κ3) is 4.64. The van der Waals surface area contributed by atoms with Gasteiger partial charge in [-0.1, -0.05) is 50.1 Å². The molecule has 3 heteroatoms. The van der Waals surface area contributed by atoms with Crippen molar-refractivity contribution in [1.82, 2.24) is 10.6 Å². The Morgan fingerprint density at radius 2 is 2.00 bits per heavy atom. The second-order valence-corrected chi connectivity index (χ2v) is 5.78. The number of amides is 1. The lowest BCUT2D eigenvalue weighted by atomic mass is 10.00.